The van der Waals surface area contributed by atoms with E-state index in [0.29, 0.717) is 0 Å². The summed E-state index contributed by atoms with van der Waals surface area (Å²) in [6, 6.07) is 0. The van der Waals surface area contributed by atoms with Crippen molar-refractivity contribution in [3.63, 3.8) is 0 Å². The number of allylic oxidation sites excluding steroid dienone is 7. The van der Waals surface area contributed by atoms with E-state index in [1.807, 2.05) is 26.0 Å². The second-order valence-electron chi connectivity index (χ2n) is 2.99. The van der Waals surface area contributed by atoms with E-state index in [9.17, 15) is 0 Å². The standard InChI is InChI=1S/C13H18/c1-7-11(6)13(9-3)12(8-2)10(4)5/h7-9H,2-4H2,1,5-6H3/b11-7-,13-12+. The average Bonchev–Trinajstić information content (AvgIpc) is 2.12. The van der Waals surface area contributed by atoms with Crippen LogP contribution in [-0.2, 0) is 0 Å². The summed E-state index contributed by atoms with van der Waals surface area (Å²) in [5.74, 6) is 0. The van der Waals surface area contributed by atoms with Crippen molar-refractivity contribution in [3.8, 4) is 0 Å². The molecular weight excluding hydrogens is 156 g/mol. The summed E-state index contributed by atoms with van der Waals surface area (Å²) in [7, 11) is 0. The number of hydrogen-bond acceptors (Lipinski definition) is 0. The monoisotopic (exact) mass is 174 g/mol. The second kappa shape index (κ2) is 5.36. The lowest BCUT2D eigenvalue weighted by molar-refractivity contribution is 1.33. The molecule has 0 amide bonds. The molecule has 0 aromatic carbocycles. The molecular formula is C13H18. The first-order chi connectivity index (χ1) is 6.08. The SMILES string of the molecule is C=C/C(C(=C)C)=C(C=C)\C(C)=C/C. The van der Waals surface area contributed by atoms with Gasteiger partial charge in [0.1, 0.15) is 0 Å². The molecule has 0 aliphatic heterocycles. The maximum absolute atomic E-state index is 3.91. The van der Waals surface area contributed by atoms with E-state index >= 15 is 0 Å². The highest BCUT2D eigenvalue weighted by Crippen LogP contribution is 2.21. The highest BCUT2D eigenvalue weighted by Gasteiger charge is 2.02. The summed E-state index contributed by atoms with van der Waals surface area (Å²) < 4.78 is 0. The Morgan fingerprint density at radius 1 is 1.00 bits per heavy atom. The van der Waals surface area contributed by atoms with Gasteiger partial charge in [-0.2, -0.15) is 0 Å². The molecule has 0 N–H and O–H groups in total. The van der Waals surface area contributed by atoms with Crippen molar-refractivity contribution in [2.45, 2.75) is 20.8 Å². The molecule has 0 fully saturated rings. The zero-order valence-electron chi connectivity index (χ0n) is 8.85. The van der Waals surface area contributed by atoms with Crippen LogP contribution in [0.15, 0.2) is 60.3 Å². The lowest BCUT2D eigenvalue weighted by atomic mass is 9.97. The molecule has 0 spiro atoms. The molecule has 0 nitrogen and oxygen atoms in total. The summed E-state index contributed by atoms with van der Waals surface area (Å²) in [6.45, 7) is 17.5. The van der Waals surface area contributed by atoms with Gasteiger partial charge in [-0.3, -0.25) is 0 Å². The lowest BCUT2D eigenvalue weighted by Crippen LogP contribution is -1.89. The fourth-order valence-electron chi connectivity index (χ4n) is 1.15. The van der Waals surface area contributed by atoms with E-state index < -0.39 is 0 Å². The van der Waals surface area contributed by atoms with E-state index in [1.54, 1.807) is 0 Å². The summed E-state index contributed by atoms with van der Waals surface area (Å²) in [5, 5.41) is 0. The zero-order valence-corrected chi connectivity index (χ0v) is 8.85. The highest BCUT2D eigenvalue weighted by molar-refractivity contribution is 5.52. The first-order valence-corrected chi connectivity index (χ1v) is 4.36. The van der Waals surface area contributed by atoms with Crippen LogP contribution in [0.1, 0.15) is 20.8 Å². The Hall–Kier alpha value is -1.30. The van der Waals surface area contributed by atoms with Gasteiger partial charge in [0.2, 0.25) is 0 Å². The normalized spacial score (nSPS) is 13.3. The minimum atomic E-state index is 1.02. The van der Waals surface area contributed by atoms with Crippen LogP contribution in [0.5, 0.6) is 0 Å². The maximum atomic E-state index is 3.91. The molecule has 70 valence electrons. The smallest absolute Gasteiger partial charge is 0.0162 e. The molecule has 0 aliphatic carbocycles. The first kappa shape index (κ1) is 11.7. The summed E-state index contributed by atoms with van der Waals surface area (Å²) in [4.78, 5) is 0. The fraction of sp³-hybridized carbons (Fsp3) is 0.231. The van der Waals surface area contributed by atoms with Crippen molar-refractivity contribution in [2.75, 3.05) is 0 Å². The average molecular weight is 174 g/mol. The molecule has 0 saturated carbocycles. The van der Waals surface area contributed by atoms with Crippen molar-refractivity contribution in [2.24, 2.45) is 0 Å². The van der Waals surface area contributed by atoms with Crippen LogP contribution in [0.2, 0.25) is 0 Å². The molecule has 0 rings (SSSR count). The van der Waals surface area contributed by atoms with Crippen molar-refractivity contribution >= 4 is 0 Å². The summed E-state index contributed by atoms with van der Waals surface area (Å²) in [5.41, 5.74) is 4.41. The van der Waals surface area contributed by atoms with Crippen molar-refractivity contribution in [1.82, 2.24) is 0 Å². The van der Waals surface area contributed by atoms with Gasteiger partial charge in [0.05, 0.1) is 0 Å². The van der Waals surface area contributed by atoms with Crippen molar-refractivity contribution < 1.29 is 0 Å². The molecule has 0 bridgehead atoms. The Kier molecular flexibility index (Phi) is 4.83. The van der Waals surface area contributed by atoms with Crippen LogP contribution in [0.4, 0.5) is 0 Å². The third-order valence-electron chi connectivity index (χ3n) is 2.02. The summed E-state index contributed by atoms with van der Waals surface area (Å²) in [6.07, 6.45) is 5.73. The van der Waals surface area contributed by atoms with Gasteiger partial charge in [-0.25, -0.2) is 0 Å². The molecule has 0 radical (unpaired) electrons. The molecule has 0 heteroatoms. The molecule has 0 atom stereocenters. The van der Waals surface area contributed by atoms with E-state index in [0.717, 1.165) is 16.7 Å². The molecule has 0 aromatic rings. The van der Waals surface area contributed by atoms with Crippen LogP contribution in [0.25, 0.3) is 0 Å². The van der Waals surface area contributed by atoms with Gasteiger partial charge in [0.25, 0.3) is 0 Å². The molecule has 0 saturated heterocycles. The predicted molar refractivity (Wildman–Crippen MR) is 61.7 cm³/mol. The van der Waals surface area contributed by atoms with Crippen LogP contribution in [0.3, 0.4) is 0 Å². The predicted octanol–water partition coefficient (Wildman–Crippen LogP) is 4.20. The molecule has 0 heterocycles. The largest absolute Gasteiger partial charge is 0.0984 e. The quantitative estimate of drug-likeness (QED) is 0.560. The Morgan fingerprint density at radius 2 is 1.46 bits per heavy atom. The van der Waals surface area contributed by atoms with Gasteiger partial charge in [0, 0.05) is 0 Å². The molecule has 0 unspecified atom stereocenters. The van der Waals surface area contributed by atoms with E-state index in [-0.39, 0.29) is 0 Å². The zero-order chi connectivity index (χ0) is 10.4. The van der Waals surface area contributed by atoms with Gasteiger partial charge in [-0.05, 0) is 37.5 Å². The van der Waals surface area contributed by atoms with Crippen LogP contribution < -0.4 is 0 Å². The Balaban J connectivity index is 5.43. The van der Waals surface area contributed by atoms with E-state index in [1.165, 1.54) is 5.57 Å². The van der Waals surface area contributed by atoms with E-state index in [4.69, 9.17) is 0 Å². The van der Waals surface area contributed by atoms with Crippen LogP contribution in [0, 0.1) is 0 Å². The molecule has 0 aromatic heterocycles. The highest BCUT2D eigenvalue weighted by atomic mass is 14.1. The Labute approximate surface area is 81.7 Å². The number of hydrogen-bond donors (Lipinski definition) is 0. The Morgan fingerprint density at radius 3 is 1.69 bits per heavy atom. The second-order valence-corrected chi connectivity index (χ2v) is 2.99. The Bertz CT molecular complexity index is 285. The van der Waals surface area contributed by atoms with E-state index in [2.05, 4.69) is 32.7 Å². The minimum Gasteiger partial charge on any atom is -0.0984 e. The number of rotatable bonds is 4. The van der Waals surface area contributed by atoms with Crippen LogP contribution >= 0.6 is 0 Å². The third-order valence-corrected chi connectivity index (χ3v) is 2.02. The van der Waals surface area contributed by atoms with Gasteiger partial charge in [-0.15, -0.1) is 0 Å². The topological polar surface area (TPSA) is 0 Å². The van der Waals surface area contributed by atoms with Gasteiger partial charge < -0.3 is 0 Å². The van der Waals surface area contributed by atoms with Crippen molar-refractivity contribution in [1.29, 1.82) is 0 Å². The van der Waals surface area contributed by atoms with Crippen molar-refractivity contribution in [3.05, 3.63) is 60.3 Å². The maximum Gasteiger partial charge on any atom is -0.0162 e. The van der Waals surface area contributed by atoms with Gasteiger partial charge in [-0.1, -0.05) is 43.5 Å². The first-order valence-electron chi connectivity index (χ1n) is 4.36. The lowest BCUT2D eigenvalue weighted by Gasteiger charge is -2.08. The molecule has 0 aliphatic rings. The molecule has 13 heavy (non-hydrogen) atoms. The minimum absolute atomic E-state index is 1.02. The van der Waals surface area contributed by atoms with Crippen LogP contribution in [-0.4, -0.2) is 0 Å². The van der Waals surface area contributed by atoms with Gasteiger partial charge >= 0.3 is 0 Å². The summed E-state index contributed by atoms with van der Waals surface area (Å²) >= 11 is 0. The van der Waals surface area contributed by atoms with Gasteiger partial charge in [0.15, 0.2) is 0 Å². The third kappa shape index (κ3) is 2.90. The fourth-order valence-corrected chi connectivity index (χ4v) is 1.15.